The summed E-state index contributed by atoms with van der Waals surface area (Å²) >= 11 is 0. The van der Waals surface area contributed by atoms with E-state index in [1.54, 1.807) is 0 Å². The van der Waals surface area contributed by atoms with Crippen molar-refractivity contribution in [1.82, 2.24) is 5.32 Å². The van der Waals surface area contributed by atoms with Crippen molar-refractivity contribution in [3.63, 3.8) is 0 Å². The normalized spacial score (nSPS) is 12.7. The molecule has 0 aliphatic carbocycles. The summed E-state index contributed by atoms with van der Waals surface area (Å²) in [5.74, 6) is 0. The van der Waals surface area contributed by atoms with Gasteiger partial charge in [0.25, 0.3) is 0 Å². The van der Waals surface area contributed by atoms with E-state index in [2.05, 4.69) is 44.3 Å². The zero-order chi connectivity index (χ0) is 12.7. The maximum atomic E-state index is 8.57. The topological polar surface area (TPSA) is 41.5 Å². The molecular formula is C14H23NO2. The summed E-state index contributed by atoms with van der Waals surface area (Å²) in [6.07, 6.45) is 0. The highest BCUT2D eigenvalue weighted by Gasteiger charge is 2.05. The standard InChI is InChI=1S/C14H23NO2/c1-11-8-12(2)10-14(9-11)13(3)15-4-6-17-7-5-16/h8-10,13,15-16H,4-7H2,1-3H3. The van der Waals surface area contributed by atoms with Crippen LogP contribution in [-0.2, 0) is 4.74 Å². The molecule has 96 valence electrons. The molecule has 1 aromatic rings. The molecule has 0 aromatic heterocycles. The van der Waals surface area contributed by atoms with Crippen LogP contribution in [0, 0.1) is 13.8 Å². The molecule has 3 nitrogen and oxygen atoms in total. The number of aliphatic hydroxyl groups excluding tert-OH is 1. The van der Waals surface area contributed by atoms with Crippen LogP contribution in [0.1, 0.15) is 29.7 Å². The molecule has 0 fully saturated rings. The van der Waals surface area contributed by atoms with Crippen LogP contribution in [0.15, 0.2) is 18.2 Å². The van der Waals surface area contributed by atoms with Crippen LogP contribution in [0.5, 0.6) is 0 Å². The van der Waals surface area contributed by atoms with E-state index in [0.29, 0.717) is 19.3 Å². The Bertz CT molecular complexity index is 319. The van der Waals surface area contributed by atoms with Crippen molar-refractivity contribution in [2.24, 2.45) is 0 Å². The first kappa shape index (κ1) is 14.2. The molecule has 1 unspecified atom stereocenters. The minimum atomic E-state index is 0.0899. The first-order valence-corrected chi connectivity index (χ1v) is 6.13. The van der Waals surface area contributed by atoms with E-state index in [1.807, 2.05) is 0 Å². The molecule has 1 atom stereocenters. The molecule has 17 heavy (non-hydrogen) atoms. The summed E-state index contributed by atoms with van der Waals surface area (Å²) in [5, 5.41) is 12.0. The Morgan fingerprint density at radius 1 is 1.18 bits per heavy atom. The van der Waals surface area contributed by atoms with Gasteiger partial charge in [-0.25, -0.2) is 0 Å². The van der Waals surface area contributed by atoms with Gasteiger partial charge < -0.3 is 15.2 Å². The molecule has 2 N–H and O–H groups in total. The maximum Gasteiger partial charge on any atom is 0.0698 e. The van der Waals surface area contributed by atoms with Gasteiger partial charge in [0.05, 0.1) is 19.8 Å². The second kappa shape index (κ2) is 7.43. The number of nitrogens with one attached hydrogen (secondary N) is 1. The maximum absolute atomic E-state index is 8.57. The van der Waals surface area contributed by atoms with Crippen LogP contribution in [0.4, 0.5) is 0 Å². The van der Waals surface area contributed by atoms with E-state index in [9.17, 15) is 0 Å². The number of hydrogen-bond donors (Lipinski definition) is 2. The zero-order valence-electron chi connectivity index (χ0n) is 11.0. The highest BCUT2D eigenvalue weighted by atomic mass is 16.5. The second-order valence-electron chi connectivity index (χ2n) is 4.43. The molecule has 0 spiro atoms. The van der Waals surface area contributed by atoms with E-state index in [1.165, 1.54) is 16.7 Å². The van der Waals surface area contributed by atoms with Crippen LogP contribution >= 0.6 is 0 Å². The van der Waals surface area contributed by atoms with Gasteiger partial charge in [-0.1, -0.05) is 29.3 Å². The molecule has 1 rings (SSSR count). The number of aryl methyl sites for hydroxylation is 2. The Balaban J connectivity index is 2.38. The molecule has 0 heterocycles. The fraction of sp³-hybridized carbons (Fsp3) is 0.571. The molecule has 0 aliphatic rings. The van der Waals surface area contributed by atoms with Crippen molar-refractivity contribution in [3.8, 4) is 0 Å². The number of ether oxygens (including phenoxy) is 1. The van der Waals surface area contributed by atoms with E-state index in [0.717, 1.165) is 6.54 Å². The Hall–Kier alpha value is -0.900. The summed E-state index contributed by atoms with van der Waals surface area (Å²) in [4.78, 5) is 0. The van der Waals surface area contributed by atoms with Gasteiger partial charge in [-0.3, -0.25) is 0 Å². The second-order valence-corrected chi connectivity index (χ2v) is 4.43. The third-order valence-corrected chi connectivity index (χ3v) is 2.68. The minimum absolute atomic E-state index is 0.0899. The molecule has 0 radical (unpaired) electrons. The average Bonchev–Trinajstić information content (AvgIpc) is 2.27. The summed E-state index contributed by atoms with van der Waals surface area (Å²) in [6, 6.07) is 6.92. The predicted octanol–water partition coefficient (Wildman–Crippen LogP) is 1.96. The number of aliphatic hydroxyl groups is 1. The lowest BCUT2D eigenvalue weighted by Crippen LogP contribution is -2.23. The molecule has 1 aromatic carbocycles. The molecule has 0 bridgehead atoms. The summed E-state index contributed by atoms with van der Waals surface area (Å²) < 4.78 is 5.20. The average molecular weight is 237 g/mol. The highest BCUT2D eigenvalue weighted by molar-refractivity contribution is 5.30. The Labute approximate surface area is 104 Å². The van der Waals surface area contributed by atoms with Crippen molar-refractivity contribution in [3.05, 3.63) is 34.9 Å². The molecule has 0 saturated heterocycles. The van der Waals surface area contributed by atoms with E-state index in [-0.39, 0.29) is 6.61 Å². The number of hydrogen-bond acceptors (Lipinski definition) is 3. The van der Waals surface area contributed by atoms with Crippen LogP contribution in [0.3, 0.4) is 0 Å². The third kappa shape index (κ3) is 5.31. The monoisotopic (exact) mass is 237 g/mol. The fourth-order valence-corrected chi connectivity index (χ4v) is 1.89. The number of benzene rings is 1. The smallest absolute Gasteiger partial charge is 0.0698 e. The van der Waals surface area contributed by atoms with E-state index >= 15 is 0 Å². The Kier molecular flexibility index (Phi) is 6.19. The van der Waals surface area contributed by atoms with Crippen molar-refractivity contribution in [2.45, 2.75) is 26.8 Å². The Morgan fingerprint density at radius 3 is 2.41 bits per heavy atom. The van der Waals surface area contributed by atoms with Crippen LogP contribution in [0.2, 0.25) is 0 Å². The van der Waals surface area contributed by atoms with Crippen molar-refractivity contribution in [2.75, 3.05) is 26.4 Å². The highest BCUT2D eigenvalue weighted by Crippen LogP contribution is 2.16. The van der Waals surface area contributed by atoms with Crippen molar-refractivity contribution < 1.29 is 9.84 Å². The van der Waals surface area contributed by atoms with Gasteiger partial charge in [0.1, 0.15) is 0 Å². The minimum Gasteiger partial charge on any atom is -0.394 e. The Morgan fingerprint density at radius 2 is 1.82 bits per heavy atom. The molecular weight excluding hydrogens is 214 g/mol. The summed E-state index contributed by atoms with van der Waals surface area (Å²) in [7, 11) is 0. The summed E-state index contributed by atoms with van der Waals surface area (Å²) in [6.45, 7) is 8.33. The van der Waals surface area contributed by atoms with Gasteiger partial charge in [-0.05, 0) is 26.3 Å². The number of rotatable bonds is 7. The molecule has 0 amide bonds. The lowest BCUT2D eigenvalue weighted by atomic mass is 10.0. The third-order valence-electron chi connectivity index (χ3n) is 2.68. The zero-order valence-corrected chi connectivity index (χ0v) is 11.0. The van der Waals surface area contributed by atoms with Crippen LogP contribution in [0.25, 0.3) is 0 Å². The van der Waals surface area contributed by atoms with Gasteiger partial charge >= 0.3 is 0 Å². The lowest BCUT2D eigenvalue weighted by molar-refractivity contribution is 0.0928. The van der Waals surface area contributed by atoms with Crippen molar-refractivity contribution >= 4 is 0 Å². The molecule has 3 heteroatoms. The van der Waals surface area contributed by atoms with Crippen LogP contribution < -0.4 is 5.32 Å². The van der Waals surface area contributed by atoms with Crippen LogP contribution in [-0.4, -0.2) is 31.5 Å². The largest absolute Gasteiger partial charge is 0.394 e. The first-order chi connectivity index (χ1) is 8.13. The van der Waals surface area contributed by atoms with Gasteiger partial charge in [0, 0.05) is 12.6 Å². The van der Waals surface area contributed by atoms with Crippen molar-refractivity contribution in [1.29, 1.82) is 0 Å². The quantitative estimate of drug-likeness (QED) is 0.712. The van der Waals surface area contributed by atoms with E-state index in [4.69, 9.17) is 9.84 Å². The van der Waals surface area contributed by atoms with Gasteiger partial charge in [0.2, 0.25) is 0 Å². The van der Waals surface area contributed by atoms with E-state index < -0.39 is 0 Å². The fourth-order valence-electron chi connectivity index (χ4n) is 1.89. The molecule has 0 saturated carbocycles. The lowest BCUT2D eigenvalue weighted by Gasteiger charge is -2.15. The molecule has 0 aliphatic heterocycles. The predicted molar refractivity (Wildman–Crippen MR) is 70.2 cm³/mol. The van der Waals surface area contributed by atoms with Gasteiger partial charge in [-0.2, -0.15) is 0 Å². The first-order valence-electron chi connectivity index (χ1n) is 6.13. The van der Waals surface area contributed by atoms with Gasteiger partial charge in [0.15, 0.2) is 0 Å². The summed E-state index contributed by atoms with van der Waals surface area (Å²) in [5.41, 5.74) is 3.90. The van der Waals surface area contributed by atoms with Gasteiger partial charge in [-0.15, -0.1) is 0 Å². The SMILES string of the molecule is Cc1cc(C)cc(C(C)NCCOCCO)c1.